The highest BCUT2D eigenvalue weighted by atomic mass is 35.5. The molecule has 3 N–H and O–H groups in total. The van der Waals surface area contributed by atoms with Crippen LogP contribution in [0.4, 0.5) is 0 Å². The molecule has 0 atom stereocenters. The van der Waals surface area contributed by atoms with Gasteiger partial charge in [0.25, 0.3) is 0 Å². The number of pyridine rings is 1. The summed E-state index contributed by atoms with van der Waals surface area (Å²) in [5, 5.41) is 1.65. The van der Waals surface area contributed by atoms with Gasteiger partial charge in [-0.05, 0) is 36.2 Å². The van der Waals surface area contributed by atoms with E-state index in [-0.39, 0.29) is 0 Å². The minimum atomic E-state index is 0.562. The van der Waals surface area contributed by atoms with Crippen LogP contribution in [-0.2, 0) is 6.54 Å². The minimum Gasteiger partial charge on any atom is -0.271 e. The first kappa shape index (κ1) is 10.4. The van der Waals surface area contributed by atoms with Crippen molar-refractivity contribution in [3.05, 3.63) is 40.5 Å². The summed E-state index contributed by atoms with van der Waals surface area (Å²) in [6.45, 7) is 2.60. The van der Waals surface area contributed by atoms with Gasteiger partial charge in [-0.1, -0.05) is 17.7 Å². The first-order chi connectivity index (χ1) is 7.20. The van der Waals surface area contributed by atoms with Crippen LogP contribution in [-0.4, -0.2) is 4.98 Å². The van der Waals surface area contributed by atoms with E-state index in [2.05, 4.69) is 16.5 Å². The van der Waals surface area contributed by atoms with Gasteiger partial charge in [0.05, 0.1) is 5.52 Å². The van der Waals surface area contributed by atoms with Crippen LogP contribution in [0, 0.1) is 6.92 Å². The summed E-state index contributed by atoms with van der Waals surface area (Å²) in [5.74, 6) is 5.27. The Labute approximate surface area is 93.2 Å². The molecule has 15 heavy (non-hydrogen) atoms. The Kier molecular flexibility index (Phi) is 2.86. The van der Waals surface area contributed by atoms with Gasteiger partial charge in [0, 0.05) is 11.9 Å². The largest absolute Gasteiger partial charge is 0.271 e. The van der Waals surface area contributed by atoms with Gasteiger partial charge in [-0.25, -0.2) is 4.98 Å². The monoisotopic (exact) mass is 221 g/mol. The lowest BCUT2D eigenvalue weighted by Crippen LogP contribution is -2.20. The lowest BCUT2D eigenvalue weighted by molar-refractivity contribution is 0.742. The number of nitrogens with two attached hydrogens (primary N) is 1. The average molecular weight is 222 g/mol. The molecule has 78 valence electrons. The second-order valence-corrected chi connectivity index (χ2v) is 3.86. The zero-order valence-electron chi connectivity index (χ0n) is 8.42. The van der Waals surface area contributed by atoms with E-state index < -0.39 is 0 Å². The molecule has 4 heteroatoms. The summed E-state index contributed by atoms with van der Waals surface area (Å²) in [6.07, 6.45) is 0. The molecule has 0 bridgehead atoms. The van der Waals surface area contributed by atoms with Crippen LogP contribution in [0.1, 0.15) is 11.1 Å². The summed E-state index contributed by atoms with van der Waals surface area (Å²) in [6, 6.07) is 8.03. The molecule has 0 aliphatic rings. The predicted molar refractivity (Wildman–Crippen MR) is 62.5 cm³/mol. The van der Waals surface area contributed by atoms with Gasteiger partial charge in [-0.15, -0.1) is 0 Å². The molecule has 1 heterocycles. The molecule has 0 saturated carbocycles. The quantitative estimate of drug-likeness (QED) is 0.464. The fourth-order valence-electron chi connectivity index (χ4n) is 1.54. The number of benzene rings is 1. The van der Waals surface area contributed by atoms with E-state index in [0.29, 0.717) is 11.7 Å². The molecule has 0 amide bonds. The highest BCUT2D eigenvalue weighted by molar-refractivity contribution is 6.30. The molecule has 0 saturated heterocycles. The normalized spacial score (nSPS) is 10.9. The van der Waals surface area contributed by atoms with E-state index in [1.807, 2.05) is 25.1 Å². The van der Waals surface area contributed by atoms with Crippen molar-refractivity contribution in [3.63, 3.8) is 0 Å². The van der Waals surface area contributed by atoms with Crippen LogP contribution in [0.2, 0.25) is 5.15 Å². The second-order valence-electron chi connectivity index (χ2n) is 3.50. The Balaban J connectivity index is 2.56. The molecule has 2 rings (SSSR count). The molecule has 1 aromatic carbocycles. The van der Waals surface area contributed by atoms with Gasteiger partial charge >= 0.3 is 0 Å². The molecular formula is C11H12ClN3. The molecule has 0 aliphatic carbocycles. The van der Waals surface area contributed by atoms with E-state index >= 15 is 0 Å². The standard InChI is InChI=1S/C11H12ClN3/c1-7-4-9-5-8(6-14-13)2-3-10(9)15-11(7)12/h2-5,14H,6,13H2,1H3. The Hall–Kier alpha value is -1.16. The number of hydrogen-bond donors (Lipinski definition) is 2. The summed E-state index contributed by atoms with van der Waals surface area (Å²) >= 11 is 5.95. The van der Waals surface area contributed by atoms with Crippen LogP contribution in [0.5, 0.6) is 0 Å². The summed E-state index contributed by atoms with van der Waals surface area (Å²) in [4.78, 5) is 4.29. The number of halogens is 1. The highest BCUT2D eigenvalue weighted by Crippen LogP contribution is 2.20. The smallest absolute Gasteiger partial charge is 0.132 e. The van der Waals surface area contributed by atoms with E-state index in [1.54, 1.807) is 0 Å². The number of hydrogen-bond acceptors (Lipinski definition) is 3. The number of hydrazine groups is 1. The van der Waals surface area contributed by atoms with Crippen LogP contribution in [0.3, 0.4) is 0 Å². The molecule has 0 unspecified atom stereocenters. The topological polar surface area (TPSA) is 50.9 Å². The SMILES string of the molecule is Cc1cc2cc(CNN)ccc2nc1Cl. The third-order valence-corrected chi connectivity index (χ3v) is 2.70. The molecule has 2 aromatic rings. The maximum Gasteiger partial charge on any atom is 0.132 e. The fourth-order valence-corrected chi connectivity index (χ4v) is 1.68. The molecule has 1 aromatic heterocycles. The van der Waals surface area contributed by atoms with Crippen LogP contribution >= 0.6 is 11.6 Å². The predicted octanol–water partition coefficient (Wildman–Crippen LogP) is 2.16. The number of fused-ring (bicyclic) bond motifs is 1. The molecule has 0 aliphatic heterocycles. The number of rotatable bonds is 2. The van der Waals surface area contributed by atoms with Crippen molar-refractivity contribution in [3.8, 4) is 0 Å². The van der Waals surface area contributed by atoms with Crippen LogP contribution in [0.25, 0.3) is 10.9 Å². The summed E-state index contributed by atoms with van der Waals surface area (Å²) in [7, 11) is 0. The molecule has 0 radical (unpaired) electrons. The maximum absolute atomic E-state index is 5.95. The molecular weight excluding hydrogens is 210 g/mol. The van der Waals surface area contributed by atoms with E-state index in [0.717, 1.165) is 22.0 Å². The zero-order chi connectivity index (χ0) is 10.8. The number of nitrogens with one attached hydrogen (secondary N) is 1. The third-order valence-electron chi connectivity index (χ3n) is 2.31. The van der Waals surface area contributed by atoms with Crippen molar-refractivity contribution in [2.24, 2.45) is 5.84 Å². The van der Waals surface area contributed by atoms with Crippen LogP contribution < -0.4 is 11.3 Å². The number of nitrogens with zero attached hydrogens (tertiary/aromatic N) is 1. The van der Waals surface area contributed by atoms with E-state index in [1.165, 1.54) is 0 Å². The lowest BCUT2D eigenvalue weighted by Gasteiger charge is -2.04. The Morgan fingerprint density at radius 1 is 1.40 bits per heavy atom. The Bertz CT molecular complexity index is 496. The van der Waals surface area contributed by atoms with Crippen molar-refractivity contribution in [2.75, 3.05) is 0 Å². The van der Waals surface area contributed by atoms with Gasteiger partial charge in [-0.2, -0.15) is 0 Å². The van der Waals surface area contributed by atoms with Crippen molar-refractivity contribution in [1.29, 1.82) is 0 Å². The summed E-state index contributed by atoms with van der Waals surface area (Å²) in [5.41, 5.74) is 5.66. The van der Waals surface area contributed by atoms with Gasteiger partial charge in [-0.3, -0.25) is 11.3 Å². The fraction of sp³-hybridized carbons (Fsp3) is 0.182. The van der Waals surface area contributed by atoms with E-state index in [9.17, 15) is 0 Å². The number of aryl methyl sites for hydroxylation is 1. The maximum atomic E-state index is 5.95. The van der Waals surface area contributed by atoms with Gasteiger partial charge < -0.3 is 0 Å². The van der Waals surface area contributed by atoms with Gasteiger partial charge in [0.1, 0.15) is 5.15 Å². The van der Waals surface area contributed by atoms with Crippen molar-refractivity contribution >= 4 is 22.5 Å². The number of aromatic nitrogens is 1. The highest BCUT2D eigenvalue weighted by Gasteiger charge is 2.01. The first-order valence-electron chi connectivity index (χ1n) is 4.70. The van der Waals surface area contributed by atoms with Crippen molar-refractivity contribution < 1.29 is 0 Å². The zero-order valence-corrected chi connectivity index (χ0v) is 9.17. The van der Waals surface area contributed by atoms with Gasteiger partial charge in [0.2, 0.25) is 0 Å². The lowest BCUT2D eigenvalue weighted by atomic mass is 10.1. The Morgan fingerprint density at radius 3 is 2.93 bits per heavy atom. The first-order valence-corrected chi connectivity index (χ1v) is 5.08. The van der Waals surface area contributed by atoms with E-state index in [4.69, 9.17) is 17.4 Å². The van der Waals surface area contributed by atoms with Gasteiger partial charge in [0.15, 0.2) is 0 Å². The van der Waals surface area contributed by atoms with Crippen molar-refractivity contribution in [2.45, 2.75) is 13.5 Å². The molecule has 3 nitrogen and oxygen atoms in total. The molecule has 0 spiro atoms. The third kappa shape index (κ3) is 2.09. The minimum absolute atomic E-state index is 0.562. The Morgan fingerprint density at radius 2 is 2.20 bits per heavy atom. The summed E-state index contributed by atoms with van der Waals surface area (Å²) < 4.78 is 0. The molecule has 0 fully saturated rings. The second kappa shape index (κ2) is 4.14. The van der Waals surface area contributed by atoms with Crippen LogP contribution in [0.15, 0.2) is 24.3 Å². The van der Waals surface area contributed by atoms with Crippen molar-refractivity contribution in [1.82, 2.24) is 10.4 Å². The average Bonchev–Trinajstić information content (AvgIpc) is 2.21.